The molecule has 0 radical (unpaired) electrons. The van der Waals surface area contributed by atoms with Crippen molar-refractivity contribution in [1.29, 1.82) is 0 Å². The zero-order chi connectivity index (χ0) is 22.2. The van der Waals surface area contributed by atoms with Gasteiger partial charge in [0.05, 0.1) is 25.4 Å². The molecule has 1 aliphatic rings. The average molecular weight is 433 g/mol. The number of ether oxygens (including phenoxy) is 1. The van der Waals surface area contributed by atoms with Crippen LogP contribution in [0.4, 0.5) is 0 Å². The SMILES string of the molecule is O=C(NCc1ccccc1COCc1ccccc1)C1CCCN(C(=O)c2ccco2)C1. The molecule has 4 rings (SSSR count). The molecule has 2 aromatic carbocycles. The van der Waals surface area contributed by atoms with Crippen molar-refractivity contribution < 1.29 is 18.7 Å². The zero-order valence-electron chi connectivity index (χ0n) is 18.0. The number of benzene rings is 2. The Morgan fingerprint density at radius 2 is 1.75 bits per heavy atom. The fourth-order valence-electron chi connectivity index (χ4n) is 3.98. The van der Waals surface area contributed by atoms with Gasteiger partial charge in [0.15, 0.2) is 5.76 Å². The van der Waals surface area contributed by atoms with Crippen molar-refractivity contribution in [3.05, 3.63) is 95.4 Å². The number of likely N-dealkylation sites (tertiary alicyclic amines) is 1. The van der Waals surface area contributed by atoms with Gasteiger partial charge in [0, 0.05) is 19.6 Å². The summed E-state index contributed by atoms with van der Waals surface area (Å²) in [6, 6.07) is 21.4. The maximum absolute atomic E-state index is 12.8. The van der Waals surface area contributed by atoms with Crippen LogP contribution >= 0.6 is 0 Å². The molecular formula is C26H28N2O4. The summed E-state index contributed by atoms with van der Waals surface area (Å²) >= 11 is 0. The normalized spacial score (nSPS) is 16.0. The molecule has 0 bridgehead atoms. The minimum absolute atomic E-state index is 0.0260. The summed E-state index contributed by atoms with van der Waals surface area (Å²) in [5.41, 5.74) is 3.22. The summed E-state index contributed by atoms with van der Waals surface area (Å²) in [4.78, 5) is 27.1. The number of amides is 2. The smallest absolute Gasteiger partial charge is 0.289 e. The number of hydrogen-bond acceptors (Lipinski definition) is 4. The first kappa shape index (κ1) is 21.8. The summed E-state index contributed by atoms with van der Waals surface area (Å²) in [6.07, 6.45) is 3.06. The quantitative estimate of drug-likeness (QED) is 0.580. The van der Waals surface area contributed by atoms with Crippen molar-refractivity contribution in [3.63, 3.8) is 0 Å². The van der Waals surface area contributed by atoms with Gasteiger partial charge in [0.2, 0.25) is 5.91 Å². The van der Waals surface area contributed by atoms with E-state index >= 15 is 0 Å². The van der Waals surface area contributed by atoms with Crippen LogP contribution in [0, 0.1) is 5.92 Å². The Morgan fingerprint density at radius 3 is 2.53 bits per heavy atom. The predicted molar refractivity (Wildman–Crippen MR) is 121 cm³/mol. The molecule has 1 atom stereocenters. The van der Waals surface area contributed by atoms with Crippen LogP contribution in [0.1, 0.15) is 40.1 Å². The number of furan rings is 1. The van der Waals surface area contributed by atoms with E-state index in [4.69, 9.17) is 9.15 Å². The molecule has 1 N–H and O–H groups in total. The molecule has 2 heterocycles. The number of hydrogen-bond donors (Lipinski definition) is 1. The van der Waals surface area contributed by atoms with Crippen molar-refractivity contribution >= 4 is 11.8 Å². The van der Waals surface area contributed by atoms with Gasteiger partial charge in [-0.15, -0.1) is 0 Å². The van der Waals surface area contributed by atoms with Crippen molar-refractivity contribution in [3.8, 4) is 0 Å². The van der Waals surface area contributed by atoms with Gasteiger partial charge >= 0.3 is 0 Å². The van der Waals surface area contributed by atoms with Crippen LogP contribution in [0.15, 0.2) is 77.4 Å². The summed E-state index contributed by atoms with van der Waals surface area (Å²) in [6.45, 7) is 2.52. The number of nitrogens with one attached hydrogen (secondary N) is 1. The van der Waals surface area contributed by atoms with Crippen molar-refractivity contribution in [1.82, 2.24) is 10.2 Å². The van der Waals surface area contributed by atoms with Gasteiger partial charge in [-0.1, -0.05) is 54.6 Å². The second kappa shape index (κ2) is 10.8. The van der Waals surface area contributed by atoms with Gasteiger partial charge in [-0.2, -0.15) is 0 Å². The van der Waals surface area contributed by atoms with Crippen LogP contribution in [0.3, 0.4) is 0 Å². The number of nitrogens with zero attached hydrogens (tertiary/aromatic N) is 1. The highest BCUT2D eigenvalue weighted by molar-refractivity contribution is 5.92. The van der Waals surface area contributed by atoms with Gasteiger partial charge < -0.3 is 19.4 Å². The minimum Gasteiger partial charge on any atom is -0.459 e. The number of piperidine rings is 1. The number of rotatable bonds is 8. The Balaban J connectivity index is 1.29. The first-order chi connectivity index (χ1) is 15.7. The van der Waals surface area contributed by atoms with Gasteiger partial charge in [-0.05, 0) is 41.7 Å². The van der Waals surface area contributed by atoms with Gasteiger partial charge in [0.25, 0.3) is 5.91 Å². The van der Waals surface area contributed by atoms with E-state index in [-0.39, 0.29) is 17.7 Å². The van der Waals surface area contributed by atoms with E-state index in [2.05, 4.69) is 5.32 Å². The highest BCUT2D eigenvalue weighted by atomic mass is 16.5. The molecule has 0 spiro atoms. The molecule has 166 valence electrons. The Morgan fingerprint density at radius 1 is 0.969 bits per heavy atom. The lowest BCUT2D eigenvalue weighted by Crippen LogP contribution is -2.45. The molecule has 6 nitrogen and oxygen atoms in total. The van der Waals surface area contributed by atoms with E-state index in [1.54, 1.807) is 17.0 Å². The maximum atomic E-state index is 12.8. The van der Waals surface area contributed by atoms with Gasteiger partial charge in [-0.25, -0.2) is 0 Å². The molecule has 1 unspecified atom stereocenters. The molecule has 1 fully saturated rings. The third-order valence-corrected chi connectivity index (χ3v) is 5.75. The molecule has 1 aliphatic heterocycles. The fourth-order valence-corrected chi connectivity index (χ4v) is 3.98. The fraction of sp³-hybridized carbons (Fsp3) is 0.308. The lowest BCUT2D eigenvalue weighted by Gasteiger charge is -2.31. The molecule has 0 saturated carbocycles. The van der Waals surface area contributed by atoms with Crippen LogP contribution in [-0.2, 0) is 29.3 Å². The van der Waals surface area contributed by atoms with Crippen LogP contribution in [0.5, 0.6) is 0 Å². The Bertz CT molecular complexity index is 1020. The monoisotopic (exact) mass is 432 g/mol. The number of carbonyl (C=O) groups excluding carboxylic acids is 2. The van der Waals surface area contributed by atoms with Crippen LogP contribution in [0.2, 0.25) is 0 Å². The van der Waals surface area contributed by atoms with Crippen LogP contribution in [-0.4, -0.2) is 29.8 Å². The highest BCUT2D eigenvalue weighted by Gasteiger charge is 2.29. The van der Waals surface area contributed by atoms with Crippen LogP contribution in [0.25, 0.3) is 0 Å². The lowest BCUT2D eigenvalue weighted by atomic mass is 9.96. The molecule has 2 amide bonds. The van der Waals surface area contributed by atoms with Gasteiger partial charge in [-0.3, -0.25) is 9.59 Å². The predicted octanol–water partition coefficient (Wildman–Crippen LogP) is 4.17. The third kappa shape index (κ3) is 5.65. The first-order valence-corrected chi connectivity index (χ1v) is 11.0. The molecule has 1 saturated heterocycles. The molecule has 1 aromatic heterocycles. The first-order valence-electron chi connectivity index (χ1n) is 11.0. The molecule has 0 aliphatic carbocycles. The van der Waals surface area contributed by atoms with Crippen molar-refractivity contribution in [2.24, 2.45) is 5.92 Å². The lowest BCUT2D eigenvalue weighted by molar-refractivity contribution is -0.126. The van der Waals surface area contributed by atoms with Gasteiger partial charge in [0.1, 0.15) is 0 Å². The average Bonchev–Trinajstić information content (AvgIpc) is 3.38. The van der Waals surface area contributed by atoms with E-state index in [9.17, 15) is 9.59 Å². The molecule has 32 heavy (non-hydrogen) atoms. The van der Waals surface area contributed by atoms with E-state index < -0.39 is 0 Å². The summed E-state index contributed by atoms with van der Waals surface area (Å²) in [7, 11) is 0. The van der Waals surface area contributed by atoms with Crippen molar-refractivity contribution in [2.75, 3.05) is 13.1 Å². The second-order valence-electron chi connectivity index (χ2n) is 8.03. The molecule has 6 heteroatoms. The minimum atomic E-state index is -0.218. The maximum Gasteiger partial charge on any atom is 0.289 e. The summed E-state index contributed by atoms with van der Waals surface area (Å²) < 4.78 is 11.1. The Labute approximate surface area is 188 Å². The highest BCUT2D eigenvalue weighted by Crippen LogP contribution is 2.20. The van der Waals surface area contributed by atoms with E-state index in [1.165, 1.54) is 6.26 Å². The van der Waals surface area contributed by atoms with Crippen molar-refractivity contribution in [2.45, 2.75) is 32.6 Å². The molecular weight excluding hydrogens is 404 g/mol. The van der Waals surface area contributed by atoms with E-state index in [0.717, 1.165) is 29.5 Å². The van der Waals surface area contributed by atoms with Crippen LogP contribution < -0.4 is 5.32 Å². The standard InChI is InChI=1S/C26H28N2O4/c29-25(22-12-6-14-28(17-22)26(30)24-13-7-15-32-24)27-16-21-10-4-5-11-23(21)19-31-18-20-8-2-1-3-9-20/h1-5,7-11,13,15,22H,6,12,14,16-19H2,(H,27,29). The Kier molecular flexibility index (Phi) is 7.35. The van der Waals surface area contributed by atoms with E-state index in [0.29, 0.717) is 38.6 Å². The Hall–Kier alpha value is -3.38. The second-order valence-corrected chi connectivity index (χ2v) is 8.03. The topological polar surface area (TPSA) is 71.8 Å². The number of carbonyl (C=O) groups is 2. The molecule has 3 aromatic rings. The third-order valence-electron chi connectivity index (χ3n) is 5.75. The summed E-state index contributed by atoms with van der Waals surface area (Å²) in [5.74, 6) is -0.0880. The summed E-state index contributed by atoms with van der Waals surface area (Å²) in [5, 5.41) is 3.06. The van der Waals surface area contributed by atoms with E-state index in [1.807, 2.05) is 54.6 Å². The zero-order valence-corrected chi connectivity index (χ0v) is 18.0. The largest absolute Gasteiger partial charge is 0.459 e.